The summed E-state index contributed by atoms with van der Waals surface area (Å²) in [6.07, 6.45) is 6.32. The zero-order valence-electron chi connectivity index (χ0n) is 13.6. The molecule has 7 heteroatoms. The second-order valence-corrected chi connectivity index (χ2v) is 6.00. The Morgan fingerprint density at radius 3 is 2.92 bits per heavy atom. The van der Waals surface area contributed by atoms with Gasteiger partial charge in [-0.2, -0.15) is 5.10 Å². The molecule has 3 heterocycles. The highest BCUT2D eigenvalue weighted by molar-refractivity contribution is 6.05. The Kier molecular flexibility index (Phi) is 4.52. The number of rotatable bonds is 5. The van der Waals surface area contributed by atoms with Crippen molar-refractivity contribution in [1.29, 1.82) is 0 Å². The van der Waals surface area contributed by atoms with Gasteiger partial charge in [-0.3, -0.25) is 9.78 Å². The van der Waals surface area contributed by atoms with Crippen LogP contribution in [0.15, 0.2) is 36.9 Å². The van der Waals surface area contributed by atoms with E-state index in [2.05, 4.69) is 34.2 Å². The van der Waals surface area contributed by atoms with Crippen molar-refractivity contribution in [1.82, 2.24) is 19.7 Å². The van der Waals surface area contributed by atoms with E-state index in [0.29, 0.717) is 22.7 Å². The van der Waals surface area contributed by atoms with E-state index in [1.807, 2.05) is 4.68 Å². The van der Waals surface area contributed by atoms with Gasteiger partial charge in [0.1, 0.15) is 0 Å². The van der Waals surface area contributed by atoms with Crippen LogP contribution in [0.25, 0.3) is 11.0 Å². The smallest absolute Gasteiger partial charge is 0.257 e. The van der Waals surface area contributed by atoms with Crippen LogP contribution >= 0.6 is 0 Å². The number of aliphatic hydroxyl groups excluding tert-OH is 1. The van der Waals surface area contributed by atoms with Gasteiger partial charge in [0.05, 0.1) is 30.3 Å². The lowest BCUT2D eigenvalue weighted by Crippen LogP contribution is -2.14. The van der Waals surface area contributed by atoms with Gasteiger partial charge in [0.2, 0.25) is 0 Å². The molecule has 0 aromatic carbocycles. The minimum Gasteiger partial charge on any atom is -0.392 e. The van der Waals surface area contributed by atoms with E-state index < -0.39 is 0 Å². The summed E-state index contributed by atoms with van der Waals surface area (Å²) in [6, 6.07) is 3.42. The molecule has 0 unspecified atom stereocenters. The average molecular weight is 325 g/mol. The van der Waals surface area contributed by atoms with Crippen LogP contribution < -0.4 is 5.32 Å². The second-order valence-electron chi connectivity index (χ2n) is 6.00. The Hall–Kier alpha value is -2.80. The summed E-state index contributed by atoms with van der Waals surface area (Å²) in [7, 11) is 0. The van der Waals surface area contributed by atoms with Crippen LogP contribution in [-0.4, -0.2) is 30.8 Å². The molecule has 0 atom stereocenters. The summed E-state index contributed by atoms with van der Waals surface area (Å²) in [5, 5.41) is 17.2. The molecular weight excluding hydrogens is 306 g/mol. The third-order valence-electron chi connectivity index (χ3n) is 3.61. The largest absolute Gasteiger partial charge is 0.392 e. The molecule has 0 saturated heterocycles. The quantitative estimate of drug-likeness (QED) is 0.750. The highest BCUT2D eigenvalue weighted by Gasteiger charge is 2.12. The Morgan fingerprint density at radius 2 is 2.17 bits per heavy atom. The molecule has 0 saturated carbocycles. The van der Waals surface area contributed by atoms with Crippen molar-refractivity contribution in [2.45, 2.75) is 27.0 Å². The molecule has 7 nitrogen and oxygen atoms in total. The third kappa shape index (κ3) is 3.26. The van der Waals surface area contributed by atoms with Crippen LogP contribution in [0.4, 0.5) is 5.69 Å². The first-order valence-electron chi connectivity index (χ1n) is 7.75. The van der Waals surface area contributed by atoms with Crippen LogP contribution in [0.2, 0.25) is 0 Å². The van der Waals surface area contributed by atoms with Crippen molar-refractivity contribution in [3.05, 3.63) is 48.0 Å². The predicted molar refractivity (Wildman–Crippen MR) is 90.5 cm³/mol. The zero-order chi connectivity index (χ0) is 17.1. The maximum Gasteiger partial charge on any atom is 0.257 e. The van der Waals surface area contributed by atoms with Crippen molar-refractivity contribution < 1.29 is 9.90 Å². The molecule has 0 bridgehead atoms. The summed E-state index contributed by atoms with van der Waals surface area (Å²) in [4.78, 5) is 20.8. The van der Waals surface area contributed by atoms with Gasteiger partial charge in [-0.1, -0.05) is 13.8 Å². The number of pyridine rings is 2. The van der Waals surface area contributed by atoms with Crippen molar-refractivity contribution in [3.63, 3.8) is 0 Å². The van der Waals surface area contributed by atoms with Crippen molar-refractivity contribution in [2.75, 3.05) is 5.32 Å². The van der Waals surface area contributed by atoms with E-state index in [-0.39, 0.29) is 12.5 Å². The normalized spacial score (nSPS) is 11.2. The molecule has 3 aromatic heterocycles. The molecule has 24 heavy (non-hydrogen) atoms. The highest BCUT2D eigenvalue weighted by atomic mass is 16.3. The minimum atomic E-state index is -0.302. The fourth-order valence-corrected chi connectivity index (χ4v) is 2.44. The molecular formula is C17H19N5O2. The molecule has 0 radical (unpaired) electrons. The lowest BCUT2D eigenvalue weighted by atomic mass is 10.2. The Bertz CT molecular complexity index is 872. The van der Waals surface area contributed by atoms with Crippen molar-refractivity contribution >= 4 is 22.6 Å². The molecule has 0 aliphatic rings. The van der Waals surface area contributed by atoms with Crippen LogP contribution in [-0.2, 0) is 13.2 Å². The number of hydrogen-bond donors (Lipinski definition) is 2. The molecule has 0 spiro atoms. The predicted octanol–water partition coefficient (Wildman–Crippen LogP) is 2.23. The van der Waals surface area contributed by atoms with Gasteiger partial charge in [0, 0.05) is 29.9 Å². The Morgan fingerprint density at radius 1 is 1.33 bits per heavy atom. The van der Waals surface area contributed by atoms with E-state index in [1.54, 1.807) is 24.5 Å². The van der Waals surface area contributed by atoms with E-state index >= 15 is 0 Å². The number of aromatic nitrogens is 4. The molecule has 1 amide bonds. The molecule has 2 N–H and O–H groups in total. The Labute approximate surface area is 139 Å². The summed E-state index contributed by atoms with van der Waals surface area (Å²) >= 11 is 0. The number of carbonyl (C=O) groups excluding carboxylic acids is 1. The summed E-state index contributed by atoms with van der Waals surface area (Å²) in [6.45, 7) is 4.83. The van der Waals surface area contributed by atoms with Crippen molar-refractivity contribution in [2.24, 2.45) is 5.92 Å². The van der Waals surface area contributed by atoms with Crippen molar-refractivity contribution in [3.8, 4) is 0 Å². The SMILES string of the molecule is CC(C)Cn1ncc2cc(C(=O)Nc3cnccc3CO)cnc21. The van der Waals surface area contributed by atoms with Crippen LogP contribution in [0.5, 0.6) is 0 Å². The molecule has 124 valence electrons. The van der Waals surface area contributed by atoms with Gasteiger partial charge in [0.25, 0.3) is 5.91 Å². The van der Waals surface area contributed by atoms with Gasteiger partial charge in [-0.15, -0.1) is 0 Å². The monoisotopic (exact) mass is 325 g/mol. The van der Waals surface area contributed by atoms with E-state index in [4.69, 9.17) is 0 Å². The van der Waals surface area contributed by atoms with Crippen LogP contribution in [0, 0.1) is 5.92 Å². The summed E-state index contributed by atoms with van der Waals surface area (Å²) in [5.74, 6) is 0.157. The number of nitrogens with one attached hydrogen (secondary N) is 1. The van der Waals surface area contributed by atoms with Gasteiger partial charge in [-0.05, 0) is 18.1 Å². The first-order valence-corrected chi connectivity index (χ1v) is 7.75. The summed E-state index contributed by atoms with van der Waals surface area (Å²) < 4.78 is 1.84. The number of carbonyl (C=O) groups is 1. The van der Waals surface area contributed by atoms with Crippen LogP contribution in [0.1, 0.15) is 29.8 Å². The third-order valence-corrected chi connectivity index (χ3v) is 3.61. The lowest BCUT2D eigenvalue weighted by Gasteiger charge is -2.09. The van der Waals surface area contributed by atoms with Gasteiger partial charge < -0.3 is 10.4 Å². The van der Waals surface area contributed by atoms with Crippen LogP contribution in [0.3, 0.4) is 0 Å². The fraction of sp³-hybridized carbons (Fsp3) is 0.294. The number of amides is 1. The highest BCUT2D eigenvalue weighted by Crippen LogP contribution is 2.17. The molecule has 3 rings (SSSR count). The van der Waals surface area contributed by atoms with Gasteiger partial charge >= 0.3 is 0 Å². The zero-order valence-corrected chi connectivity index (χ0v) is 13.6. The topological polar surface area (TPSA) is 92.9 Å². The first-order chi connectivity index (χ1) is 11.6. The number of anilines is 1. The first kappa shape index (κ1) is 16.1. The number of hydrogen-bond acceptors (Lipinski definition) is 5. The molecule has 0 fully saturated rings. The molecule has 3 aromatic rings. The maximum atomic E-state index is 12.4. The maximum absolute atomic E-state index is 12.4. The molecule has 0 aliphatic carbocycles. The van der Waals surface area contributed by atoms with Gasteiger partial charge in [-0.25, -0.2) is 9.67 Å². The molecule has 0 aliphatic heterocycles. The van der Waals surface area contributed by atoms with Gasteiger partial charge in [0.15, 0.2) is 5.65 Å². The number of fused-ring (bicyclic) bond motifs is 1. The average Bonchev–Trinajstić information content (AvgIpc) is 2.97. The summed E-state index contributed by atoms with van der Waals surface area (Å²) in [5.41, 5.74) is 2.29. The standard InChI is InChI=1S/C17H19N5O2/c1-11(2)9-22-16-13(7-20-22)5-14(6-19-16)17(24)21-15-8-18-4-3-12(15)10-23/h3-8,11,23H,9-10H2,1-2H3,(H,21,24). The number of nitrogens with zero attached hydrogens (tertiary/aromatic N) is 4. The Balaban J connectivity index is 1.85. The fourth-order valence-electron chi connectivity index (χ4n) is 2.44. The lowest BCUT2D eigenvalue weighted by molar-refractivity contribution is 0.102. The number of aliphatic hydroxyl groups is 1. The minimum absolute atomic E-state index is 0.169. The van der Waals surface area contributed by atoms with E-state index in [0.717, 1.165) is 17.6 Å². The van der Waals surface area contributed by atoms with E-state index in [1.165, 1.54) is 12.4 Å². The second kappa shape index (κ2) is 6.76. The van der Waals surface area contributed by atoms with E-state index in [9.17, 15) is 9.90 Å².